The van der Waals surface area contributed by atoms with Crippen LogP contribution in [0.2, 0.25) is 0 Å². The van der Waals surface area contributed by atoms with Gasteiger partial charge in [-0.05, 0) is 26.7 Å². The summed E-state index contributed by atoms with van der Waals surface area (Å²) < 4.78 is 10.8. The van der Waals surface area contributed by atoms with Crippen molar-refractivity contribution in [2.24, 2.45) is 5.73 Å². The Bertz CT molecular complexity index is 264. The first-order chi connectivity index (χ1) is 7.98. The second-order valence-corrected chi connectivity index (χ2v) is 4.68. The highest BCUT2D eigenvalue weighted by molar-refractivity contribution is 5.85. The first-order valence-corrected chi connectivity index (χ1v) is 6.21. The molecule has 5 heteroatoms. The van der Waals surface area contributed by atoms with Crippen molar-refractivity contribution in [3.05, 3.63) is 0 Å². The Labute approximate surface area is 103 Å². The lowest BCUT2D eigenvalue weighted by atomic mass is 9.83. The molecule has 1 aliphatic rings. The van der Waals surface area contributed by atoms with Crippen molar-refractivity contribution in [3.8, 4) is 0 Å². The van der Waals surface area contributed by atoms with Crippen LogP contribution in [0.5, 0.6) is 0 Å². The van der Waals surface area contributed by atoms with E-state index in [0.717, 1.165) is 6.42 Å². The normalized spacial score (nSPS) is 31.5. The van der Waals surface area contributed by atoms with E-state index in [1.165, 1.54) is 0 Å². The van der Waals surface area contributed by atoms with Gasteiger partial charge < -0.3 is 20.5 Å². The van der Waals surface area contributed by atoms with Gasteiger partial charge in [-0.15, -0.1) is 0 Å². The Morgan fingerprint density at radius 2 is 2.18 bits per heavy atom. The van der Waals surface area contributed by atoms with Gasteiger partial charge in [-0.2, -0.15) is 0 Å². The smallest absolute Gasteiger partial charge is 0.252 e. The molecule has 0 saturated heterocycles. The molecule has 1 fully saturated rings. The van der Waals surface area contributed by atoms with Gasteiger partial charge in [-0.25, -0.2) is 0 Å². The molecule has 0 spiro atoms. The van der Waals surface area contributed by atoms with E-state index in [0.29, 0.717) is 13.0 Å². The van der Waals surface area contributed by atoms with Gasteiger partial charge in [0.25, 0.3) is 5.91 Å². The van der Waals surface area contributed by atoms with Crippen LogP contribution in [-0.2, 0) is 14.3 Å². The van der Waals surface area contributed by atoms with E-state index in [2.05, 4.69) is 5.32 Å². The summed E-state index contributed by atoms with van der Waals surface area (Å²) in [5.41, 5.74) is 5.10. The number of hydrogen-bond acceptors (Lipinski definition) is 4. The number of rotatable bonds is 6. The Morgan fingerprint density at radius 1 is 1.53 bits per heavy atom. The lowest BCUT2D eigenvalue weighted by molar-refractivity contribution is -0.146. The fourth-order valence-corrected chi connectivity index (χ4v) is 1.93. The van der Waals surface area contributed by atoms with Crippen molar-refractivity contribution in [1.82, 2.24) is 5.32 Å². The maximum absolute atomic E-state index is 12.1. The van der Waals surface area contributed by atoms with Gasteiger partial charge in [-0.1, -0.05) is 6.92 Å². The summed E-state index contributed by atoms with van der Waals surface area (Å²) in [6.07, 6.45) is 1.46. The molecule has 1 amide bonds. The van der Waals surface area contributed by atoms with Crippen LogP contribution in [0, 0.1) is 0 Å². The maximum Gasteiger partial charge on any atom is 0.252 e. The van der Waals surface area contributed by atoms with Crippen LogP contribution in [0.25, 0.3) is 0 Å². The molecule has 0 aromatic rings. The molecule has 5 nitrogen and oxygen atoms in total. The molecule has 0 aromatic carbocycles. The van der Waals surface area contributed by atoms with Gasteiger partial charge in [0.15, 0.2) is 0 Å². The highest BCUT2D eigenvalue weighted by Crippen LogP contribution is 2.24. The minimum atomic E-state index is -0.786. The standard InChI is InChI=1S/C12H24N2O3/c1-5-12(3,16-4)11(15)14-10-8(13)7-9(10)17-6-2/h8-10H,5-7,13H2,1-4H3,(H,14,15). The van der Waals surface area contributed by atoms with Gasteiger partial charge in [0.1, 0.15) is 5.60 Å². The lowest BCUT2D eigenvalue weighted by Crippen LogP contribution is -2.67. The molecule has 0 aromatic heterocycles. The average Bonchev–Trinajstić information content (AvgIpc) is 2.34. The quantitative estimate of drug-likeness (QED) is 0.710. The van der Waals surface area contributed by atoms with Crippen molar-refractivity contribution in [2.45, 2.75) is 57.4 Å². The van der Waals surface area contributed by atoms with Crippen LogP contribution in [0.3, 0.4) is 0 Å². The first-order valence-electron chi connectivity index (χ1n) is 6.21. The molecular weight excluding hydrogens is 220 g/mol. The fraction of sp³-hybridized carbons (Fsp3) is 0.917. The van der Waals surface area contributed by atoms with Gasteiger partial charge in [0, 0.05) is 19.8 Å². The molecule has 4 unspecified atom stereocenters. The second-order valence-electron chi connectivity index (χ2n) is 4.68. The van der Waals surface area contributed by atoms with E-state index in [1.807, 2.05) is 13.8 Å². The summed E-state index contributed by atoms with van der Waals surface area (Å²) in [6.45, 7) is 6.28. The van der Waals surface area contributed by atoms with Crippen LogP contribution < -0.4 is 11.1 Å². The Balaban J connectivity index is 2.55. The minimum Gasteiger partial charge on any atom is -0.376 e. The fourth-order valence-electron chi connectivity index (χ4n) is 1.93. The summed E-state index contributed by atoms with van der Waals surface area (Å²) in [4.78, 5) is 12.1. The highest BCUT2D eigenvalue weighted by Gasteiger charge is 2.43. The summed E-state index contributed by atoms with van der Waals surface area (Å²) in [5, 5.41) is 2.93. The number of carbonyl (C=O) groups is 1. The molecule has 17 heavy (non-hydrogen) atoms. The average molecular weight is 244 g/mol. The molecule has 3 N–H and O–H groups in total. The maximum atomic E-state index is 12.1. The van der Waals surface area contributed by atoms with Crippen molar-refractivity contribution < 1.29 is 14.3 Å². The molecular formula is C12H24N2O3. The predicted octanol–water partition coefficient (Wildman–Crippen LogP) is 0.422. The Morgan fingerprint density at radius 3 is 2.59 bits per heavy atom. The zero-order chi connectivity index (χ0) is 13.1. The van der Waals surface area contributed by atoms with E-state index in [-0.39, 0.29) is 24.1 Å². The van der Waals surface area contributed by atoms with Crippen LogP contribution in [0.1, 0.15) is 33.6 Å². The summed E-state index contributed by atoms with van der Waals surface area (Å²) in [7, 11) is 1.55. The third kappa shape index (κ3) is 2.97. The van der Waals surface area contributed by atoms with Crippen LogP contribution in [0.4, 0.5) is 0 Å². The van der Waals surface area contributed by atoms with Crippen molar-refractivity contribution >= 4 is 5.91 Å². The topological polar surface area (TPSA) is 73.6 Å². The zero-order valence-corrected chi connectivity index (χ0v) is 11.2. The second kappa shape index (κ2) is 5.80. The lowest BCUT2D eigenvalue weighted by Gasteiger charge is -2.43. The van der Waals surface area contributed by atoms with Crippen LogP contribution in [0.15, 0.2) is 0 Å². The van der Waals surface area contributed by atoms with Crippen LogP contribution in [-0.4, -0.2) is 43.4 Å². The first kappa shape index (κ1) is 14.4. The minimum absolute atomic E-state index is 0.0199. The summed E-state index contributed by atoms with van der Waals surface area (Å²) in [6, 6.07) is -0.114. The number of carbonyl (C=O) groups excluding carboxylic acids is 1. The number of methoxy groups -OCH3 is 1. The molecule has 0 radical (unpaired) electrons. The predicted molar refractivity (Wildman–Crippen MR) is 65.6 cm³/mol. The number of hydrogen-bond donors (Lipinski definition) is 2. The zero-order valence-electron chi connectivity index (χ0n) is 11.2. The number of nitrogens with one attached hydrogen (secondary N) is 1. The molecule has 0 aliphatic heterocycles. The SMILES string of the molecule is CCOC1CC(N)C1NC(=O)C(C)(CC)OC. The van der Waals surface area contributed by atoms with Crippen molar-refractivity contribution in [2.75, 3.05) is 13.7 Å². The number of ether oxygens (including phenoxy) is 2. The van der Waals surface area contributed by atoms with Crippen molar-refractivity contribution in [1.29, 1.82) is 0 Å². The van der Waals surface area contributed by atoms with E-state index in [4.69, 9.17) is 15.2 Å². The Hall–Kier alpha value is -0.650. The highest BCUT2D eigenvalue weighted by atomic mass is 16.5. The number of nitrogens with two attached hydrogens (primary N) is 1. The Kier molecular flexibility index (Phi) is 4.91. The van der Waals surface area contributed by atoms with Crippen molar-refractivity contribution in [3.63, 3.8) is 0 Å². The summed E-state index contributed by atoms with van der Waals surface area (Å²) in [5.74, 6) is -0.118. The molecule has 1 saturated carbocycles. The molecule has 0 bridgehead atoms. The molecule has 4 atom stereocenters. The van der Waals surface area contributed by atoms with Gasteiger partial charge in [0.05, 0.1) is 12.1 Å². The van der Waals surface area contributed by atoms with E-state index in [9.17, 15) is 4.79 Å². The van der Waals surface area contributed by atoms with Gasteiger partial charge in [-0.3, -0.25) is 4.79 Å². The molecule has 1 aliphatic carbocycles. The molecule has 1 rings (SSSR count). The number of amides is 1. The molecule has 100 valence electrons. The monoisotopic (exact) mass is 244 g/mol. The van der Waals surface area contributed by atoms with Crippen LogP contribution >= 0.6 is 0 Å². The van der Waals surface area contributed by atoms with Gasteiger partial charge in [0.2, 0.25) is 0 Å². The van der Waals surface area contributed by atoms with E-state index < -0.39 is 5.60 Å². The molecule has 0 heterocycles. The largest absolute Gasteiger partial charge is 0.376 e. The van der Waals surface area contributed by atoms with E-state index >= 15 is 0 Å². The van der Waals surface area contributed by atoms with E-state index in [1.54, 1.807) is 14.0 Å². The third-order valence-corrected chi connectivity index (χ3v) is 3.65. The third-order valence-electron chi connectivity index (χ3n) is 3.65. The summed E-state index contributed by atoms with van der Waals surface area (Å²) >= 11 is 0. The van der Waals surface area contributed by atoms with Gasteiger partial charge >= 0.3 is 0 Å².